The fourth-order valence-corrected chi connectivity index (χ4v) is 2.79. The van der Waals surface area contributed by atoms with Crippen molar-refractivity contribution in [2.24, 2.45) is 0 Å². The van der Waals surface area contributed by atoms with Crippen LogP contribution in [-0.2, 0) is 6.54 Å². The first-order valence-electron chi connectivity index (χ1n) is 6.20. The van der Waals surface area contributed by atoms with E-state index >= 15 is 0 Å². The molecular formula is C14H18IN3. The van der Waals surface area contributed by atoms with Crippen molar-refractivity contribution in [1.29, 1.82) is 0 Å². The van der Waals surface area contributed by atoms with E-state index in [2.05, 4.69) is 70.4 Å². The summed E-state index contributed by atoms with van der Waals surface area (Å²) in [6, 6.07) is 8.66. The summed E-state index contributed by atoms with van der Waals surface area (Å²) in [7, 11) is 1.99. The van der Waals surface area contributed by atoms with Crippen LogP contribution in [0.3, 0.4) is 0 Å². The maximum atomic E-state index is 4.40. The van der Waals surface area contributed by atoms with E-state index in [9.17, 15) is 0 Å². The van der Waals surface area contributed by atoms with E-state index in [1.165, 1.54) is 14.7 Å². The summed E-state index contributed by atoms with van der Waals surface area (Å²) in [6.07, 6.45) is 5.20. The summed E-state index contributed by atoms with van der Waals surface area (Å²) in [5.41, 5.74) is 2.52. The zero-order chi connectivity index (χ0) is 13.0. The average Bonchev–Trinajstić information content (AvgIpc) is 2.82. The quantitative estimate of drug-likeness (QED) is 0.835. The molecule has 3 nitrogen and oxygen atoms in total. The zero-order valence-electron chi connectivity index (χ0n) is 10.7. The smallest absolute Gasteiger partial charge is 0.0615 e. The van der Waals surface area contributed by atoms with Gasteiger partial charge in [0.05, 0.1) is 12.2 Å². The van der Waals surface area contributed by atoms with E-state index in [1.807, 2.05) is 17.9 Å². The van der Waals surface area contributed by atoms with Crippen molar-refractivity contribution in [3.8, 4) is 0 Å². The highest BCUT2D eigenvalue weighted by Gasteiger charge is 2.16. The predicted octanol–water partition coefficient (Wildman–Crippen LogP) is 3.21. The summed E-state index contributed by atoms with van der Waals surface area (Å²) in [5.74, 6) is 0. The summed E-state index contributed by atoms with van der Waals surface area (Å²) in [5, 5.41) is 7.78. The topological polar surface area (TPSA) is 29.9 Å². The molecule has 0 saturated carbocycles. The molecule has 0 aliphatic heterocycles. The lowest BCUT2D eigenvalue weighted by Gasteiger charge is -2.16. The van der Waals surface area contributed by atoms with Crippen molar-refractivity contribution in [3.63, 3.8) is 0 Å². The second kappa shape index (κ2) is 6.33. The fraction of sp³-hybridized carbons (Fsp3) is 0.357. The molecule has 1 aromatic carbocycles. The minimum atomic E-state index is 0.212. The predicted molar refractivity (Wildman–Crippen MR) is 82.6 cm³/mol. The second-order valence-electron chi connectivity index (χ2n) is 4.28. The van der Waals surface area contributed by atoms with Crippen LogP contribution in [0.2, 0.25) is 0 Å². The molecule has 18 heavy (non-hydrogen) atoms. The number of nitrogens with zero attached hydrogens (tertiary/aromatic N) is 2. The monoisotopic (exact) mass is 355 g/mol. The molecule has 2 rings (SSSR count). The number of hydrogen-bond acceptors (Lipinski definition) is 2. The lowest BCUT2D eigenvalue weighted by atomic mass is 10.0. The molecule has 96 valence electrons. The van der Waals surface area contributed by atoms with Crippen molar-refractivity contribution in [2.45, 2.75) is 25.9 Å². The number of halogens is 1. The van der Waals surface area contributed by atoms with Gasteiger partial charge in [0.15, 0.2) is 0 Å². The van der Waals surface area contributed by atoms with Crippen molar-refractivity contribution >= 4 is 22.6 Å². The van der Waals surface area contributed by atoms with Crippen molar-refractivity contribution in [2.75, 3.05) is 7.05 Å². The Bertz CT molecular complexity index is 507. The van der Waals surface area contributed by atoms with Crippen molar-refractivity contribution in [3.05, 3.63) is 51.4 Å². The maximum absolute atomic E-state index is 4.40. The van der Waals surface area contributed by atoms with Crippen LogP contribution >= 0.6 is 22.6 Å². The number of hydrogen-bond donors (Lipinski definition) is 1. The molecule has 0 fully saturated rings. The van der Waals surface area contributed by atoms with E-state index in [0.717, 1.165) is 13.0 Å². The summed E-state index contributed by atoms with van der Waals surface area (Å²) in [4.78, 5) is 0. The van der Waals surface area contributed by atoms with Gasteiger partial charge in [-0.05, 0) is 47.7 Å². The Labute approximate surface area is 122 Å². The third-order valence-electron chi connectivity index (χ3n) is 2.94. The SMILES string of the molecule is CCCn1cc(C(NC)c2ccccc2I)cn1. The normalized spacial score (nSPS) is 12.6. The number of benzene rings is 1. The maximum Gasteiger partial charge on any atom is 0.0615 e. The van der Waals surface area contributed by atoms with Gasteiger partial charge in [0.1, 0.15) is 0 Å². The van der Waals surface area contributed by atoms with Gasteiger partial charge >= 0.3 is 0 Å². The van der Waals surface area contributed by atoms with E-state index < -0.39 is 0 Å². The summed E-state index contributed by atoms with van der Waals surface area (Å²) >= 11 is 2.38. The highest BCUT2D eigenvalue weighted by molar-refractivity contribution is 14.1. The Morgan fingerprint density at radius 2 is 2.17 bits per heavy atom. The molecular weight excluding hydrogens is 337 g/mol. The molecule has 1 unspecified atom stereocenters. The molecule has 0 spiro atoms. The van der Waals surface area contributed by atoms with Gasteiger partial charge in [0.25, 0.3) is 0 Å². The van der Waals surface area contributed by atoms with Crippen LogP contribution in [0.1, 0.15) is 30.5 Å². The first-order valence-corrected chi connectivity index (χ1v) is 7.28. The van der Waals surface area contributed by atoms with Crippen LogP contribution in [0, 0.1) is 3.57 Å². The lowest BCUT2D eigenvalue weighted by molar-refractivity contribution is 0.600. The van der Waals surface area contributed by atoms with Crippen molar-refractivity contribution in [1.82, 2.24) is 15.1 Å². The molecule has 0 aliphatic carbocycles. The van der Waals surface area contributed by atoms with Gasteiger partial charge in [0, 0.05) is 21.9 Å². The van der Waals surface area contributed by atoms with Crippen LogP contribution in [0.25, 0.3) is 0 Å². The third-order valence-corrected chi connectivity index (χ3v) is 3.93. The van der Waals surface area contributed by atoms with Crippen LogP contribution in [0.15, 0.2) is 36.7 Å². The second-order valence-corrected chi connectivity index (χ2v) is 5.44. The van der Waals surface area contributed by atoms with E-state index in [0.29, 0.717) is 0 Å². The number of aryl methyl sites for hydroxylation is 1. The van der Waals surface area contributed by atoms with Crippen molar-refractivity contribution < 1.29 is 0 Å². The molecule has 0 bridgehead atoms. The summed E-state index contributed by atoms with van der Waals surface area (Å²) in [6.45, 7) is 3.14. The molecule has 2 aromatic rings. The number of rotatable bonds is 5. The molecule has 1 heterocycles. The third kappa shape index (κ3) is 2.92. The fourth-order valence-electron chi connectivity index (χ4n) is 2.09. The molecule has 4 heteroatoms. The molecule has 1 aromatic heterocycles. The van der Waals surface area contributed by atoms with Gasteiger partial charge in [-0.1, -0.05) is 25.1 Å². The number of aromatic nitrogens is 2. The Kier molecular flexibility index (Phi) is 4.77. The van der Waals surface area contributed by atoms with Gasteiger partial charge in [0.2, 0.25) is 0 Å². The Morgan fingerprint density at radius 3 is 2.83 bits per heavy atom. The average molecular weight is 355 g/mol. The molecule has 0 saturated heterocycles. The lowest BCUT2D eigenvalue weighted by Crippen LogP contribution is -2.18. The molecule has 1 atom stereocenters. The van der Waals surface area contributed by atoms with E-state index in [-0.39, 0.29) is 6.04 Å². The van der Waals surface area contributed by atoms with Gasteiger partial charge in [-0.25, -0.2) is 0 Å². The van der Waals surface area contributed by atoms with E-state index in [1.54, 1.807) is 0 Å². The van der Waals surface area contributed by atoms with Crippen LogP contribution in [0.5, 0.6) is 0 Å². The van der Waals surface area contributed by atoms with Gasteiger partial charge in [-0.3, -0.25) is 4.68 Å². The van der Waals surface area contributed by atoms with Gasteiger partial charge in [-0.2, -0.15) is 5.10 Å². The summed E-state index contributed by atoms with van der Waals surface area (Å²) < 4.78 is 3.29. The van der Waals surface area contributed by atoms with Crippen LogP contribution in [-0.4, -0.2) is 16.8 Å². The Balaban J connectivity index is 2.30. The van der Waals surface area contributed by atoms with Crippen LogP contribution < -0.4 is 5.32 Å². The standard InChI is InChI=1S/C14H18IN3/c1-3-8-18-10-11(9-17-18)14(16-2)12-6-4-5-7-13(12)15/h4-7,9-10,14,16H,3,8H2,1-2H3. The number of nitrogens with one attached hydrogen (secondary N) is 1. The van der Waals surface area contributed by atoms with E-state index in [4.69, 9.17) is 0 Å². The minimum absolute atomic E-state index is 0.212. The molecule has 0 aliphatic rings. The largest absolute Gasteiger partial charge is 0.309 e. The Hall–Kier alpha value is -0.880. The molecule has 0 radical (unpaired) electrons. The molecule has 0 amide bonds. The highest BCUT2D eigenvalue weighted by atomic mass is 127. The minimum Gasteiger partial charge on any atom is -0.309 e. The van der Waals surface area contributed by atoms with Crippen LogP contribution in [0.4, 0.5) is 0 Å². The Morgan fingerprint density at radius 1 is 1.39 bits per heavy atom. The zero-order valence-corrected chi connectivity index (χ0v) is 12.9. The first-order chi connectivity index (χ1) is 8.76. The van der Waals surface area contributed by atoms with Gasteiger partial charge < -0.3 is 5.32 Å². The van der Waals surface area contributed by atoms with Gasteiger partial charge in [-0.15, -0.1) is 0 Å². The molecule has 1 N–H and O–H groups in total. The highest BCUT2D eigenvalue weighted by Crippen LogP contribution is 2.25. The first kappa shape index (κ1) is 13.5.